The molecule has 0 unspecified atom stereocenters. The molecule has 0 fully saturated rings. The van der Waals surface area contributed by atoms with Gasteiger partial charge in [0, 0.05) is 11.4 Å². The van der Waals surface area contributed by atoms with Gasteiger partial charge in [0.2, 0.25) is 0 Å². The Morgan fingerprint density at radius 1 is 0.676 bits per heavy atom. The molecule has 0 bridgehead atoms. The van der Waals surface area contributed by atoms with Crippen LogP contribution in [0, 0.1) is 0 Å². The van der Waals surface area contributed by atoms with Crippen molar-refractivity contribution in [2.24, 2.45) is 0 Å². The van der Waals surface area contributed by atoms with Gasteiger partial charge in [-0.1, -0.05) is 6.07 Å². The molecule has 12 heteroatoms. The average Bonchev–Trinajstić information content (AvgIpc) is 2.73. The summed E-state index contributed by atoms with van der Waals surface area (Å²) in [6, 6.07) is 9.60. The van der Waals surface area contributed by atoms with Gasteiger partial charge in [-0.2, -0.15) is 26.3 Å². The molecule has 0 amide bonds. The normalized spacial score (nSPS) is 11.7. The number of anilines is 2. The lowest BCUT2D eigenvalue weighted by atomic mass is 10.1. The van der Waals surface area contributed by atoms with Crippen molar-refractivity contribution in [2.45, 2.75) is 12.4 Å². The Labute approximate surface area is 187 Å². The molecule has 0 spiro atoms. The fourth-order valence-electron chi connectivity index (χ4n) is 2.83. The van der Waals surface area contributed by atoms with Crippen molar-refractivity contribution in [3.8, 4) is 11.5 Å². The number of nitrogen functional groups attached to an aromatic ring is 2. The van der Waals surface area contributed by atoms with E-state index in [1.54, 1.807) is 0 Å². The number of nitrogens with two attached hydrogens (primary N) is 2. The van der Waals surface area contributed by atoms with E-state index in [1.165, 1.54) is 18.2 Å². The van der Waals surface area contributed by atoms with Crippen LogP contribution in [0.2, 0.25) is 0 Å². The van der Waals surface area contributed by atoms with Crippen molar-refractivity contribution < 1.29 is 45.4 Å². The van der Waals surface area contributed by atoms with Gasteiger partial charge in [0.15, 0.2) is 0 Å². The van der Waals surface area contributed by atoms with Crippen LogP contribution in [0.3, 0.4) is 0 Å². The maximum absolute atomic E-state index is 13.2. The molecule has 0 aromatic heterocycles. The minimum Gasteiger partial charge on any atom is -0.423 e. The standard InChI is InChI=1S/C22H14F6N2O4/c23-21(24,25)16-9-12(29)4-6-15(16)20(32)34-13-3-1-2-11(8-13)19(31)33-14-5-7-18(30)17(10-14)22(26,27)28/h1-10H,29-30H2. The third kappa shape index (κ3) is 5.57. The van der Waals surface area contributed by atoms with Gasteiger partial charge in [0.25, 0.3) is 0 Å². The van der Waals surface area contributed by atoms with E-state index in [4.69, 9.17) is 20.9 Å². The molecule has 3 rings (SSSR count). The molecule has 178 valence electrons. The van der Waals surface area contributed by atoms with E-state index in [2.05, 4.69) is 0 Å². The third-order valence-corrected chi connectivity index (χ3v) is 4.39. The fourth-order valence-corrected chi connectivity index (χ4v) is 2.83. The number of esters is 2. The van der Waals surface area contributed by atoms with Gasteiger partial charge < -0.3 is 20.9 Å². The summed E-state index contributed by atoms with van der Waals surface area (Å²) in [6.45, 7) is 0. The highest BCUT2D eigenvalue weighted by Gasteiger charge is 2.36. The van der Waals surface area contributed by atoms with Crippen LogP contribution in [0.4, 0.5) is 37.7 Å². The lowest BCUT2D eigenvalue weighted by molar-refractivity contribution is -0.138. The smallest absolute Gasteiger partial charge is 0.418 e. The Kier molecular flexibility index (Phi) is 6.44. The second-order valence-corrected chi connectivity index (χ2v) is 6.86. The van der Waals surface area contributed by atoms with Gasteiger partial charge in [-0.15, -0.1) is 0 Å². The zero-order valence-corrected chi connectivity index (χ0v) is 16.8. The molecule has 0 radical (unpaired) electrons. The van der Waals surface area contributed by atoms with E-state index in [0.29, 0.717) is 12.1 Å². The summed E-state index contributed by atoms with van der Waals surface area (Å²) in [5.41, 5.74) is 6.30. The molecule has 0 aliphatic heterocycles. The van der Waals surface area contributed by atoms with Crippen molar-refractivity contribution in [3.63, 3.8) is 0 Å². The monoisotopic (exact) mass is 484 g/mol. The van der Waals surface area contributed by atoms with E-state index in [-0.39, 0.29) is 17.0 Å². The number of benzene rings is 3. The Hall–Kier alpha value is -4.22. The van der Waals surface area contributed by atoms with Crippen LogP contribution in [-0.2, 0) is 12.4 Å². The molecule has 6 nitrogen and oxygen atoms in total. The highest BCUT2D eigenvalue weighted by molar-refractivity contribution is 5.94. The maximum atomic E-state index is 13.2. The van der Waals surface area contributed by atoms with Crippen molar-refractivity contribution in [2.75, 3.05) is 11.5 Å². The average molecular weight is 484 g/mol. The third-order valence-electron chi connectivity index (χ3n) is 4.39. The summed E-state index contributed by atoms with van der Waals surface area (Å²) in [5.74, 6) is -3.24. The van der Waals surface area contributed by atoms with E-state index >= 15 is 0 Å². The molecule has 34 heavy (non-hydrogen) atoms. The van der Waals surface area contributed by atoms with Gasteiger partial charge in [-0.25, -0.2) is 9.59 Å². The predicted molar refractivity (Wildman–Crippen MR) is 108 cm³/mol. The minimum atomic E-state index is -4.89. The number of ether oxygens (including phenoxy) is 2. The minimum absolute atomic E-state index is 0.218. The largest absolute Gasteiger partial charge is 0.423 e. The first kappa shape index (κ1) is 24.4. The fraction of sp³-hybridized carbons (Fsp3) is 0.0909. The first-order valence-electron chi connectivity index (χ1n) is 9.23. The first-order chi connectivity index (χ1) is 15.8. The lowest BCUT2D eigenvalue weighted by Crippen LogP contribution is -2.17. The van der Waals surface area contributed by atoms with Crippen LogP contribution in [-0.4, -0.2) is 11.9 Å². The summed E-state index contributed by atoms with van der Waals surface area (Å²) in [6.07, 6.45) is -9.66. The number of halogens is 6. The van der Waals surface area contributed by atoms with E-state index in [0.717, 1.165) is 30.3 Å². The summed E-state index contributed by atoms with van der Waals surface area (Å²) in [5, 5.41) is 0. The topological polar surface area (TPSA) is 105 Å². The van der Waals surface area contributed by atoms with Crippen LogP contribution >= 0.6 is 0 Å². The number of alkyl halides is 6. The second-order valence-electron chi connectivity index (χ2n) is 6.86. The molecule has 0 saturated carbocycles. The molecule has 4 N–H and O–H groups in total. The molecular weight excluding hydrogens is 470 g/mol. The Morgan fingerprint density at radius 2 is 1.29 bits per heavy atom. The van der Waals surface area contributed by atoms with Crippen LogP contribution < -0.4 is 20.9 Å². The van der Waals surface area contributed by atoms with Crippen LogP contribution in [0.5, 0.6) is 11.5 Å². The summed E-state index contributed by atoms with van der Waals surface area (Å²) < 4.78 is 88.5. The zero-order valence-electron chi connectivity index (χ0n) is 16.8. The molecule has 3 aromatic rings. The maximum Gasteiger partial charge on any atom is 0.418 e. The molecule has 0 aliphatic carbocycles. The van der Waals surface area contributed by atoms with Crippen molar-refractivity contribution in [1.82, 2.24) is 0 Å². The molecule has 3 aromatic carbocycles. The first-order valence-corrected chi connectivity index (χ1v) is 9.23. The second kappa shape index (κ2) is 8.96. The highest BCUT2D eigenvalue weighted by atomic mass is 19.4. The highest BCUT2D eigenvalue weighted by Crippen LogP contribution is 2.36. The molecular formula is C22H14F6N2O4. The molecule has 0 atom stereocenters. The number of rotatable bonds is 4. The molecule has 0 saturated heterocycles. The number of hydrogen-bond donors (Lipinski definition) is 2. The van der Waals surface area contributed by atoms with Crippen LogP contribution in [0.15, 0.2) is 60.7 Å². The summed E-state index contributed by atoms with van der Waals surface area (Å²) >= 11 is 0. The van der Waals surface area contributed by atoms with E-state index in [9.17, 15) is 35.9 Å². The van der Waals surface area contributed by atoms with Gasteiger partial charge in [0.05, 0.1) is 22.3 Å². The van der Waals surface area contributed by atoms with Gasteiger partial charge >= 0.3 is 24.3 Å². The van der Waals surface area contributed by atoms with Gasteiger partial charge in [-0.05, 0) is 54.6 Å². The SMILES string of the molecule is Nc1ccc(C(=O)Oc2cccc(C(=O)Oc3ccc(N)c(C(F)(F)F)c3)c2)c(C(F)(F)F)c1. The lowest BCUT2D eigenvalue weighted by Gasteiger charge is -2.13. The predicted octanol–water partition coefficient (Wildman–Crippen LogP) is 5.33. The Balaban J connectivity index is 1.81. The summed E-state index contributed by atoms with van der Waals surface area (Å²) in [7, 11) is 0. The quantitative estimate of drug-likeness (QED) is 0.225. The number of hydrogen-bond acceptors (Lipinski definition) is 6. The van der Waals surface area contributed by atoms with Gasteiger partial charge in [-0.3, -0.25) is 0 Å². The van der Waals surface area contributed by atoms with Crippen molar-refractivity contribution in [1.29, 1.82) is 0 Å². The van der Waals surface area contributed by atoms with Crippen molar-refractivity contribution >= 4 is 23.3 Å². The molecule has 0 heterocycles. The molecule has 0 aliphatic rings. The van der Waals surface area contributed by atoms with E-state index in [1.807, 2.05) is 0 Å². The Bertz CT molecular complexity index is 1250. The van der Waals surface area contributed by atoms with Crippen LogP contribution in [0.1, 0.15) is 31.8 Å². The van der Waals surface area contributed by atoms with Crippen LogP contribution in [0.25, 0.3) is 0 Å². The summed E-state index contributed by atoms with van der Waals surface area (Å²) in [4.78, 5) is 24.7. The van der Waals surface area contributed by atoms with Gasteiger partial charge in [0.1, 0.15) is 11.5 Å². The zero-order chi connectivity index (χ0) is 25.3. The number of carbonyl (C=O) groups excluding carboxylic acids is 2. The Morgan fingerprint density at radius 3 is 1.94 bits per heavy atom. The van der Waals surface area contributed by atoms with Crippen molar-refractivity contribution in [3.05, 3.63) is 82.9 Å². The number of carbonyl (C=O) groups is 2. The van der Waals surface area contributed by atoms with E-state index < -0.39 is 52.4 Å².